The Kier molecular flexibility index (Phi) is 55.2. The van der Waals surface area contributed by atoms with Crippen molar-refractivity contribution in [3.05, 3.63) is 48.6 Å². The average molecular weight is 911 g/mol. The minimum atomic E-state index is -0.870. The fourth-order valence-electron chi connectivity index (χ4n) is 9.03. The van der Waals surface area contributed by atoms with E-state index in [-0.39, 0.29) is 12.5 Å². The number of nitrogens with one attached hydrogen (secondary N) is 1. The summed E-state index contributed by atoms with van der Waals surface area (Å²) in [6.45, 7) is 4.32. The van der Waals surface area contributed by atoms with E-state index in [4.69, 9.17) is 0 Å². The van der Waals surface area contributed by atoms with Crippen molar-refractivity contribution in [1.82, 2.24) is 5.32 Å². The number of unbranched alkanes of at least 4 members (excludes halogenated alkanes) is 41. The minimum absolute atomic E-state index is 0.0731. The molecule has 0 aliphatic carbocycles. The van der Waals surface area contributed by atoms with Crippen LogP contribution in [-0.2, 0) is 4.79 Å². The maximum Gasteiger partial charge on any atom is 0.220 e. The third-order valence-corrected chi connectivity index (χ3v) is 13.5. The van der Waals surface area contributed by atoms with E-state index in [0.29, 0.717) is 6.42 Å². The molecule has 382 valence electrons. The Labute approximate surface area is 407 Å². The van der Waals surface area contributed by atoms with Crippen LogP contribution in [0.3, 0.4) is 0 Å². The van der Waals surface area contributed by atoms with Gasteiger partial charge < -0.3 is 15.5 Å². The van der Waals surface area contributed by atoms with Crippen molar-refractivity contribution in [1.29, 1.82) is 0 Å². The summed E-state index contributed by atoms with van der Waals surface area (Å²) in [5, 5.41) is 23.1. The minimum Gasteiger partial charge on any atom is -0.394 e. The summed E-state index contributed by atoms with van der Waals surface area (Å²) in [5.41, 5.74) is 0. The maximum atomic E-state index is 12.5. The lowest BCUT2D eigenvalue weighted by molar-refractivity contribution is -0.123. The van der Waals surface area contributed by atoms with Gasteiger partial charge in [0, 0.05) is 6.42 Å². The number of aliphatic hydroxyl groups is 2. The molecular weight excluding hydrogens is 795 g/mol. The first kappa shape index (κ1) is 63.4. The van der Waals surface area contributed by atoms with E-state index < -0.39 is 12.1 Å². The molecule has 0 aromatic carbocycles. The third kappa shape index (κ3) is 53.2. The summed E-state index contributed by atoms with van der Waals surface area (Å²) in [6, 6.07) is -0.645. The largest absolute Gasteiger partial charge is 0.394 e. The highest BCUT2D eigenvalue weighted by molar-refractivity contribution is 5.76. The quantitative estimate of drug-likeness (QED) is 0.0421. The monoisotopic (exact) mass is 910 g/mol. The lowest BCUT2D eigenvalue weighted by Crippen LogP contribution is -2.45. The van der Waals surface area contributed by atoms with Gasteiger partial charge in [-0.15, -0.1) is 0 Å². The Morgan fingerprint density at radius 1 is 0.354 bits per heavy atom. The van der Waals surface area contributed by atoms with Crippen LogP contribution in [0.5, 0.6) is 0 Å². The summed E-state index contributed by atoms with van der Waals surface area (Å²) in [4.78, 5) is 12.5. The lowest BCUT2D eigenvalue weighted by Gasteiger charge is -2.19. The molecule has 2 unspecified atom stereocenters. The van der Waals surface area contributed by atoms with Crippen LogP contribution in [0.15, 0.2) is 48.6 Å². The molecule has 0 aromatic heterocycles. The predicted octanol–water partition coefficient (Wildman–Crippen LogP) is 19.4. The molecule has 0 heterocycles. The molecule has 0 radical (unpaired) electrons. The highest BCUT2D eigenvalue weighted by Gasteiger charge is 2.18. The highest BCUT2D eigenvalue weighted by atomic mass is 16.3. The van der Waals surface area contributed by atoms with Gasteiger partial charge in [-0.3, -0.25) is 4.79 Å². The van der Waals surface area contributed by atoms with Gasteiger partial charge in [0.2, 0.25) is 5.91 Å². The molecule has 0 aliphatic rings. The molecule has 0 saturated carbocycles. The SMILES string of the molecule is CCCCCCCCCC/C=C\CCCCCCCCCCCCCCCCCCCCCCCC(=O)NC(CO)C(O)/C=C/CC/C=C/CC/C=C/CCCCCCCCCCCC. The molecule has 0 fully saturated rings. The number of rotatable bonds is 54. The van der Waals surface area contributed by atoms with Gasteiger partial charge in [-0.2, -0.15) is 0 Å². The van der Waals surface area contributed by atoms with Crippen LogP contribution in [0.4, 0.5) is 0 Å². The fraction of sp³-hybridized carbons (Fsp3) is 0.852. The Morgan fingerprint density at radius 3 is 0.892 bits per heavy atom. The van der Waals surface area contributed by atoms with Gasteiger partial charge in [-0.1, -0.05) is 287 Å². The number of amides is 1. The predicted molar refractivity (Wildman–Crippen MR) is 290 cm³/mol. The summed E-state index contributed by atoms with van der Waals surface area (Å²) in [7, 11) is 0. The van der Waals surface area contributed by atoms with Gasteiger partial charge in [0.25, 0.3) is 0 Å². The van der Waals surface area contributed by atoms with Crippen LogP contribution >= 0.6 is 0 Å². The maximum absolute atomic E-state index is 12.5. The van der Waals surface area contributed by atoms with E-state index in [1.807, 2.05) is 6.08 Å². The highest BCUT2D eigenvalue weighted by Crippen LogP contribution is 2.17. The Morgan fingerprint density at radius 2 is 0.600 bits per heavy atom. The van der Waals surface area contributed by atoms with Gasteiger partial charge in [-0.25, -0.2) is 0 Å². The summed E-state index contributed by atoms with van der Waals surface area (Å²) >= 11 is 0. The molecule has 0 saturated heterocycles. The van der Waals surface area contributed by atoms with Crippen molar-refractivity contribution in [2.75, 3.05) is 6.61 Å². The molecular formula is C61H115NO3. The van der Waals surface area contributed by atoms with E-state index in [2.05, 4.69) is 55.6 Å². The third-order valence-electron chi connectivity index (χ3n) is 13.5. The van der Waals surface area contributed by atoms with Crippen molar-refractivity contribution in [3.8, 4) is 0 Å². The van der Waals surface area contributed by atoms with Crippen LogP contribution in [0.25, 0.3) is 0 Å². The first-order chi connectivity index (χ1) is 32.2. The zero-order valence-corrected chi connectivity index (χ0v) is 44.0. The number of carbonyl (C=O) groups is 1. The Bertz CT molecular complexity index is 1030. The molecule has 4 nitrogen and oxygen atoms in total. The molecule has 1 amide bonds. The summed E-state index contributed by atoms with van der Waals surface area (Å²) < 4.78 is 0. The average Bonchev–Trinajstić information content (AvgIpc) is 3.31. The lowest BCUT2D eigenvalue weighted by atomic mass is 10.0. The van der Waals surface area contributed by atoms with Gasteiger partial charge in [0.1, 0.15) is 0 Å². The van der Waals surface area contributed by atoms with Gasteiger partial charge in [0.05, 0.1) is 18.8 Å². The first-order valence-corrected chi connectivity index (χ1v) is 29.4. The van der Waals surface area contributed by atoms with E-state index in [1.54, 1.807) is 6.08 Å². The zero-order valence-electron chi connectivity index (χ0n) is 44.0. The van der Waals surface area contributed by atoms with Gasteiger partial charge >= 0.3 is 0 Å². The van der Waals surface area contributed by atoms with Crippen molar-refractivity contribution in [2.45, 2.75) is 328 Å². The van der Waals surface area contributed by atoms with Crippen molar-refractivity contribution in [2.24, 2.45) is 0 Å². The van der Waals surface area contributed by atoms with Crippen LogP contribution in [-0.4, -0.2) is 34.9 Å². The molecule has 0 bridgehead atoms. The molecule has 2 atom stereocenters. The Hall–Kier alpha value is -1.65. The second kappa shape index (κ2) is 56.7. The van der Waals surface area contributed by atoms with Crippen LogP contribution < -0.4 is 5.32 Å². The zero-order chi connectivity index (χ0) is 47.0. The number of carbonyl (C=O) groups excluding carboxylic acids is 1. The van der Waals surface area contributed by atoms with E-state index in [9.17, 15) is 15.0 Å². The standard InChI is InChI=1S/C61H115NO3/c1-3-5-7-9-11-13-15-17-19-21-23-25-26-27-28-29-30-31-32-33-34-35-36-37-39-41-43-45-47-49-51-53-55-57-61(65)62-59(58-63)60(64)56-54-52-50-48-46-44-42-40-38-24-22-20-18-16-14-12-10-8-6-4-2/h21,23,38,40,46,48,54,56,59-60,63-64H,3-20,22,24-37,39,41-45,47,49-53,55,57-58H2,1-2H3,(H,62,65)/b23-21-,40-38+,48-46+,56-54+. The second-order valence-electron chi connectivity index (χ2n) is 20.0. The van der Waals surface area contributed by atoms with Gasteiger partial charge in [-0.05, 0) is 70.6 Å². The number of allylic oxidation sites excluding steroid dienone is 7. The first-order valence-electron chi connectivity index (χ1n) is 29.4. The molecule has 3 N–H and O–H groups in total. The van der Waals surface area contributed by atoms with E-state index >= 15 is 0 Å². The van der Waals surface area contributed by atoms with E-state index in [1.165, 1.54) is 257 Å². The molecule has 0 rings (SSSR count). The fourth-order valence-corrected chi connectivity index (χ4v) is 9.03. The molecule has 4 heteroatoms. The second-order valence-corrected chi connectivity index (χ2v) is 20.0. The number of aliphatic hydroxyl groups excluding tert-OH is 2. The Balaban J connectivity index is 3.48. The summed E-state index contributed by atoms with van der Waals surface area (Å²) in [6.07, 6.45) is 78.6. The van der Waals surface area contributed by atoms with Crippen molar-refractivity contribution in [3.63, 3.8) is 0 Å². The van der Waals surface area contributed by atoms with Crippen molar-refractivity contribution < 1.29 is 15.0 Å². The molecule has 0 spiro atoms. The van der Waals surface area contributed by atoms with Gasteiger partial charge in [0.15, 0.2) is 0 Å². The number of hydrogen-bond donors (Lipinski definition) is 3. The molecule has 65 heavy (non-hydrogen) atoms. The van der Waals surface area contributed by atoms with Crippen LogP contribution in [0.2, 0.25) is 0 Å². The van der Waals surface area contributed by atoms with E-state index in [0.717, 1.165) is 38.5 Å². The molecule has 0 aliphatic heterocycles. The summed E-state index contributed by atoms with van der Waals surface area (Å²) in [5.74, 6) is -0.0731. The normalized spacial score (nSPS) is 13.1. The molecule has 0 aromatic rings. The smallest absolute Gasteiger partial charge is 0.220 e. The van der Waals surface area contributed by atoms with Crippen LogP contribution in [0.1, 0.15) is 316 Å². The van der Waals surface area contributed by atoms with Crippen molar-refractivity contribution >= 4 is 5.91 Å². The van der Waals surface area contributed by atoms with Crippen LogP contribution in [0, 0.1) is 0 Å². The topological polar surface area (TPSA) is 69.6 Å². The number of hydrogen-bond acceptors (Lipinski definition) is 3.